The minimum absolute atomic E-state index is 0.0954. The van der Waals surface area contributed by atoms with Crippen LogP contribution >= 0.6 is 0 Å². The van der Waals surface area contributed by atoms with Crippen LogP contribution in [0, 0.1) is 13.8 Å². The Morgan fingerprint density at radius 1 is 1.05 bits per heavy atom. The molecule has 0 radical (unpaired) electrons. The Hall–Kier alpha value is -1.80. The van der Waals surface area contributed by atoms with Gasteiger partial charge >= 0.3 is 0 Å². The SMILES string of the molecule is COc1cc(C)c(CCC(N)c2ccccc2)cc1C. The first-order valence-corrected chi connectivity index (χ1v) is 7.06. The first-order chi connectivity index (χ1) is 9.61. The van der Waals surface area contributed by atoms with Crippen LogP contribution in [0.2, 0.25) is 0 Å². The van der Waals surface area contributed by atoms with Crippen LogP contribution in [-0.4, -0.2) is 7.11 Å². The normalized spacial score (nSPS) is 12.2. The van der Waals surface area contributed by atoms with Gasteiger partial charge in [0.1, 0.15) is 5.75 Å². The van der Waals surface area contributed by atoms with Crippen LogP contribution in [0.5, 0.6) is 5.75 Å². The molecule has 0 aliphatic carbocycles. The molecule has 0 bridgehead atoms. The van der Waals surface area contributed by atoms with E-state index < -0.39 is 0 Å². The average Bonchev–Trinajstić information content (AvgIpc) is 2.48. The first-order valence-electron chi connectivity index (χ1n) is 7.06. The molecule has 2 heteroatoms. The molecule has 2 N–H and O–H groups in total. The fourth-order valence-electron chi connectivity index (χ4n) is 2.52. The van der Waals surface area contributed by atoms with Crippen molar-refractivity contribution in [1.82, 2.24) is 0 Å². The number of rotatable bonds is 5. The van der Waals surface area contributed by atoms with Crippen LogP contribution in [0.4, 0.5) is 0 Å². The number of methoxy groups -OCH3 is 1. The van der Waals surface area contributed by atoms with Crippen LogP contribution in [0.15, 0.2) is 42.5 Å². The van der Waals surface area contributed by atoms with Gasteiger partial charge in [0, 0.05) is 6.04 Å². The van der Waals surface area contributed by atoms with E-state index in [9.17, 15) is 0 Å². The summed E-state index contributed by atoms with van der Waals surface area (Å²) in [6, 6.07) is 14.7. The fourth-order valence-corrected chi connectivity index (χ4v) is 2.52. The van der Waals surface area contributed by atoms with Gasteiger partial charge in [-0.3, -0.25) is 0 Å². The minimum Gasteiger partial charge on any atom is -0.496 e. The van der Waals surface area contributed by atoms with Crippen molar-refractivity contribution in [1.29, 1.82) is 0 Å². The number of ether oxygens (including phenoxy) is 1. The molecule has 0 spiro atoms. The number of aryl methyl sites for hydroxylation is 3. The van der Waals surface area contributed by atoms with Gasteiger partial charge in [-0.05, 0) is 55.0 Å². The number of nitrogens with two attached hydrogens (primary N) is 1. The van der Waals surface area contributed by atoms with Gasteiger partial charge in [-0.25, -0.2) is 0 Å². The van der Waals surface area contributed by atoms with E-state index in [-0.39, 0.29) is 6.04 Å². The zero-order valence-corrected chi connectivity index (χ0v) is 12.5. The van der Waals surface area contributed by atoms with E-state index in [1.807, 2.05) is 18.2 Å². The molecule has 0 aliphatic heterocycles. The molecule has 0 saturated carbocycles. The highest BCUT2D eigenvalue weighted by Gasteiger charge is 2.09. The predicted molar refractivity (Wildman–Crippen MR) is 84.2 cm³/mol. The molecular weight excluding hydrogens is 246 g/mol. The molecule has 20 heavy (non-hydrogen) atoms. The lowest BCUT2D eigenvalue weighted by molar-refractivity contribution is 0.411. The lowest BCUT2D eigenvalue weighted by atomic mass is 9.96. The maximum absolute atomic E-state index is 6.26. The lowest BCUT2D eigenvalue weighted by Crippen LogP contribution is -2.11. The monoisotopic (exact) mass is 269 g/mol. The molecule has 0 amide bonds. The van der Waals surface area contributed by atoms with Crippen molar-refractivity contribution in [2.24, 2.45) is 5.73 Å². The second-order valence-electron chi connectivity index (χ2n) is 5.30. The molecule has 1 atom stereocenters. The smallest absolute Gasteiger partial charge is 0.122 e. The Bertz CT molecular complexity index is 563. The molecule has 2 nitrogen and oxygen atoms in total. The quantitative estimate of drug-likeness (QED) is 0.892. The molecule has 1 unspecified atom stereocenters. The second kappa shape index (κ2) is 6.58. The minimum atomic E-state index is 0.0954. The first kappa shape index (κ1) is 14.6. The topological polar surface area (TPSA) is 35.2 Å². The summed E-state index contributed by atoms with van der Waals surface area (Å²) in [4.78, 5) is 0. The zero-order chi connectivity index (χ0) is 14.5. The Kier molecular flexibility index (Phi) is 4.80. The highest BCUT2D eigenvalue weighted by molar-refractivity contribution is 5.41. The second-order valence-corrected chi connectivity index (χ2v) is 5.30. The predicted octanol–water partition coefficient (Wildman–Crippen LogP) is 3.94. The van der Waals surface area contributed by atoms with Gasteiger partial charge in [-0.1, -0.05) is 36.4 Å². The standard InChI is InChI=1S/C18H23NO/c1-13-12-18(20-3)14(2)11-16(13)9-10-17(19)15-7-5-4-6-8-15/h4-8,11-12,17H,9-10,19H2,1-3H3. The van der Waals surface area contributed by atoms with Gasteiger partial charge in [0.2, 0.25) is 0 Å². The van der Waals surface area contributed by atoms with Crippen LogP contribution in [0.1, 0.15) is 34.7 Å². The van der Waals surface area contributed by atoms with Crippen molar-refractivity contribution in [3.8, 4) is 5.75 Å². The van der Waals surface area contributed by atoms with E-state index in [2.05, 4.69) is 38.1 Å². The average molecular weight is 269 g/mol. The van der Waals surface area contributed by atoms with Crippen LogP contribution in [-0.2, 0) is 6.42 Å². The summed E-state index contributed by atoms with van der Waals surface area (Å²) in [7, 11) is 1.72. The number of hydrogen-bond donors (Lipinski definition) is 1. The van der Waals surface area contributed by atoms with Gasteiger partial charge in [0.05, 0.1) is 7.11 Å². The molecule has 2 rings (SSSR count). The summed E-state index contributed by atoms with van der Waals surface area (Å²) in [6.45, 7) is 4.21. The van der Waals surface area contributed by atoms with E-state index in [1.54, 1.807) is 7.11 Å². The van der Waals surface area contributed by atoms with Crippen molar-refractivity contribution < 1.29 is 4.74 Å². The van der Waals surface area contributed by atoms with Gasteiger partial charge in [-0.2, -0.15) is 0 Å². The van der Waals surface area contributed by atoms with Crippen LogP contribution < -0.4 is 10.5 Å². The van der Waals surface area contributed by atoms with Gasteiger partial charge in [-0.15, -0.1) is 0 Å². The summed E-state index contributed by atoms with van der Waals surface area (Å²) >= 11 is 0. The van der Waals surface area contributed by atoms with Crippen LogP contribution in [0.3, 0.4) is 0 Å². The maximum atomic E-state index is 6.26. The molecule has 0 heterocycles. The molecule has 0 fully saturated rings. The summed E-state index contributed by atoms with van der Waals surface area (Å²) in [5.74, 6) is 0.957. The van der Waals surface area contributed by atoms with E-state index in [1.165, 1.54) is 22.3 Å². The number of hydrogen-bond acceptors (Lipinski definition) is 2. The molecule has 106 valence electrons. The van der Waals surface area contributed by atoms with Crippen molar-refractivity contribution in [3.63, 3.8) is 0 Å². The van der Waals surface area contributed by atoms with E-state index in [0.29, 0.717) is 0 Å². The van der Waals surface area contributed by atoms with Crippen molar-refractivity contribution in [2.75, 3.05) is 7.11 Å². The Balaban J connectivity index is 2.06. The Morgan fingerprint density at radius 3 is 2.40 bits per heavy atom. The lowest BCUT2D eigenvalue weighted by Gasteiger charge is -2.15. The number of benzene rings is 2. The highest BCUT2D eigenvalue weighted by atomic mass is 16.5. The third kappa shape index (κ3) is 3.40. The van der Waals surface area contributed by atoms with Crippen LogP contribution in [0.25, 0.3) is 0 Å². The summed E-state index contributed by atoms with van der Waals surface area (Å²) in [5.41, 5.74) is 11.3. The summed E-state index contributed by atoms with van der Waals surface area (Å²) in [5, 5.41) is 0. The summed E-state index contributed by atoms with van der Waals surface area (Å²) < 4.78 is 5.35. The third-order valence-corrected chi connectivity index (χ3v) is 3.81. The maximum Gasteiger partial charge on any atom is 0.122 e. The molecule has 0 aliphatic rings. The van der Waals surface area contributed by atoms with E-state index >= 15 is 0 Å². The fraction of sp³-hybridized carbons (Fsp3) is 0.333. The van der Waals surface area contributed by atoms with E-state index in [0.717, 1.165) is 18.6 Å². The van der Waals surface area contributed by atoms with E-state index in [4.69, 9.17) is 10.5 Å². The molecule has 2 aromatic rings. The van der Waals surface area contributed by atoms with Crippen molar-refractivity contribution >= 4 is 0 Å². The van der Waals surface area contributed by atoms with Gasteiger partial charge in [0.25, 0.3) is 0 Å². The molecular formula is C18H23NO. The zero-order valence-electron chi connectivity index (χ0n) is 12.5. The molecule has 0 saturated heterocycles. The largest absolute Gasteiger partial charge is 0.496 e. The van der Waals surface area contributed by atoms with Gasteiger partial charge in [0.15, 0.2) is 0 Å². The van der Waals surface area contributed by atoms with Crippen molar-refractivity contribution in [2.45, 2.75) is 32.7 Å². The Morgan fingerprint density at radius 2 is 1.75 bits per heavy atom. The Labute approximate surface area is 121 Å². The molecule has 0 aromatic heterocycles. The third-order valence-electron chi connectivity index (χ3n) is 3.81. The van der Waals surface area contributed by atoms with Gasteiger partial charge < -0.3 is 10.5 Å². The highest BCUT2D eigenvalue weighted by Crippen LogP contribution is 2.25. The molecule has 2 aromatic carbocycles. The summed E-state index contributed by atoms with van der Waals surface area (Å²) in [6.07, 6.45) is 1.95. The van der Waals surface area contributed by atoms with Crippen molar-refractivity contribution in [3.05, 3.63) is 64.7 Å².